The Balaban J connectivity index is 1.74. The minimum absolute atomic E-state index is 0.182. The van der Waals surface area contributed by atoms with Gasteiger partial charge >= 0.3 is 5.97 Å². The molecule has 0 saturated carbocycles. The number of esters is 1. The summed E-state index contributed by atoms with van der Waals surface area (Å²) in [5.74, 6) is 0.597. The maximum Gasteiger partial charge on any atom is 0.305 e. The van der Waals surface area contributed by atoms with E-state index in [0.29, 0.717) is 13.0 Å². The number of methoxy groups -OCH3 is 1. The first-order valence-corrected chi connectivity index (χ1v) is 7.54. The predicted octanol–water partition coefficient (Wildman–Crippen LogP) is 4.82. The van der Waals surface area contributed by atoms with Gasteiger partial charge < -0.3 is 9.47 Å². The standard InChI is InChI=1S/C18H20N2O3/c1-22-18(21)9-5-6-14-23-17-12-10-16(11-13-17)20-19-15-7-3-2-4-8-15/h2-4,7-8,10-13H,5-6,9,14H2,1H3. The van der Waals surface area contributed by atoms with E-state index in [-0.39, 0.29) is 5.97 Å². The summed E-state index contributed by atoms with van der Waals surface area (Å²) in [7, 11) is 1.40. The highest BCUT2D eigenvalue weighted by molar-refractivity contribution is 5.68. The second-order valence-electron chi connectivity index (χ2n) is 4.91. The number of azo groups is 1. The molecule has 0 aliphatic rings. The van der Waals surface area contributed by atoms with E-state index >= 15 is 0 Å². The molecule has 0 saturated heterocycles. The molecule has 120 valence electrons. The molecule has 0 N–H and O–H groups in total. The summed E-state index contributed by atoms with van der Waals surface area (Å²) in [5, 5.41) is 8.33. The number of carbonyl (C=O) groups is 1. The molecule has 0 amide bonds. The normalized spacial score (nSPS) is 10.7. The average Bonchev–Trinajstić information content (AvgIpc) is 2.61. The molecule has 23 heavy (non-hydrogen) atoms. The molecule has 2 aromatic carbocycles. The zero-order valence-corrected chi connectivity index (χ0v) is 13.1. The van der Waals surface area contributed by atoms with E-state index in [1.807, 2.05) is 54.6 Å². The number of rotatable bonds is 8. The quantitative estimate of drug-likeness (QED) is 0.399. The monoisotopic (exact) mass is 312 g/mol. The maximum atomic E-state index is 11.0. The van der Waals surface area contributed by atoms with E-state index in [1.54, 1.807) is 0 Å². The van der Waals surface area contributed by atoms with Crippen LogP contribution in [0.25, 0.3) is 0 Å². The molecule has 0 heterocycles. The molecule has 2 rings (SSSR count). The van der Waals surface area contributed by atoms with E-state index in [0.717, 1.165) is 30.0 Å². The molecule has 5 nitrogen and oxygen atoms in total. The largest absolute Gasteiger partial charge is 0.494 e. The van der Waals surface area contributed by atoms with Gasteiger partial charge in [0, 0.05) is 6.42 Å². The molecule has 0 unspecified atom stereocenters. The summed E-state index contributed by atoms with van der Waals surface area (Å²) >= 11 is 0. The van der Waals surface area contributed by atoms with Crippen LogP contribution in [-0.4, -0.2) is 19.7 Å². The lowest BCUT2D eigenvalue weighted by atomic mass is 10.2. The van der Waals surface area contributed by atoms with Gasteiger partial charge in [0.05, 0.1) is 25.1 Å². The number of carbonyl (C=O) groups excluding carboxylic acids is 1. The van der Waals surface area contributed by atoms with Gasteiger partial charge in [0.2, 0.25) is 0 Å². The summed E-state index contributed by atoms with van der Waals surface area (Å²) in [6.45, 7) is 0.571. The van der Waals surface area contributed by atoms with Crippen molar-refractivity contribution in [3.8, 4) is 5.75 Å². The molecule has 0 bridgehead atoms. The first-order valence-electron chi connectivity index (χ1n) is 7.54. The third kappa shape index (κ3) is 6.30. The molecule has 0 spiro atoms. The van der Waals surface area contributed by atoms with Crippen molar-refractivity contribution in [3.05, 3.63) is 54.6 Å². The van der Waals surface area contributed by atoms with Gasteiger partial charge in [-0.3, -0.25) is 4.79 Å². The van der Waals surface area contributed by atoms with Gasteiger partial charge in [0.1, 0.15) is 5.75 Å². The topological polar surface area (TPSA) is 60.2 Å². The second-order valence-corrected chi connectivity index (χ2v) is 4.91. The third-order valence-corrected chi connectivity index (χ3v) is 3.15. The lowest BCUT2D eigenvalue weighted by molar-refractivity contribution is -0.140. The highest BCUT2D eigenvalue weighted by Crippen LogP contribution is 2.21. The maximum absolute atomic E-state index is 11.0. The zero-order chi connectivity index (χ0) is 16.3. The van der Waals surface area contributed by atoms with Gasteiger partial charge in [0.25, 0.3) is 0 Å². The van der Waals surface area contributed by atoms with Crippen LogP contribution in [0, 0.1) is 0 Å². The van der Waals surface area contributed by atoms with Crippen molar-refractivity contribution < 1.29 is 14.3 Å². The van der Waals surface area contributed by atoms with Gasteiger partial charge in [-0.25, -0.2) is 0 Å². The summed E-state index contributed by atoms with van der Waals surface area (Å²) < 4.78 is 10.2. The average molecular weight is 312 g/mol. The third-order valence-electron chi connectivity index (χ3n) is 3.15. The summed E-state index contributed by atoms with van der Waals surface area (Å²) in [6.07, 6.45) is 2.00. The number of hydrogen-bond donors (Lipinski definition) is 0. The number of benzene rings is 2. The van der Waals surface area contributed by atoms with Gasteiger partial charge in [-0.2, -0.15) is 10.2 Å². The van der Waals surface area contributed by atoms with Crippen LogP contribution in [0.3, 0.4) is 0 Å². The highest BCUT2D eigenvalue weighted by atomic mass is 16.5. The number of hydrogen-bond acceptors (Lipinski definition) is 5. The first kappa shape index (κ1) is 16.7. The van der Waals surface area contributed by atoms with Crippen LogP contribution in [0.2, 0.25) is 0 Å². The van der Waals surface area contributed by atoms with Crippen LogP contribution >= 0.6 is 0 Å². The molecule has 0 aliphatic heterocycles. The van der Waals surface area contributed by atoms with Crippen molar-refractivity contribution in [1.29, 1.82) is 0 Å². The zero-order valence-electron chi connectivity index (χ0n) is 13.1. The van der Waals surface area contributed by atoms with Crippen molar-refractivity contribution in [2.45, 2.75) is 19.3 Å². The van der Waals surface area contributed by atoms with E-state index in [1.165, 1.54) is 7.11 Å². The van der Waals surface area contributed by atoms with Gasteiger partial charge in [-0.1, -0.05) is 18.2 Å². The van der Waals surface area contributed by atoms with Crippen molar-refractivity contribution >= 4 is 17.3 Å². The van der Waals surface area contributed by atoms with E-state index in [9.17, 15) is 4.79 Å². The molecular weight excluding hydrogens is 292 g/mol. The van der Waals surface area contributed by atoms with Crippen LogP contribution in [-0.2, 0) is 9.53 Å². The van der Waals surface area contributed by atoms with E-state index in [4.69, 9.17) is 4.74 Å². The predicted molar refractivity (Wildman–Crippen MR) is 88.4 cm³/mol. The fourth-order valence-electron chi connectivity index (χ4n) is 1.88. The summed E-state index contributed by atoms with van der Waals surface area (Å²) in [4.78, 5) is 11.0. The molecule has 0 radical (unpaired) electrons. The van der Waals surface area contributed by atoms with Crippen LogP contribution in [0.15, 0.2) is 64.8 Å². The van der Waals surface area contributed by atoms with Crippen molar-refractivity contribution in [2.24, 2.45) is 10.2 Å². The summed E-state index contributed by atoms with van der Waals surface area (Å²) in [5.41, 5.74) is 1.59. The van der Waals surface area contributed by atoms with Crippen LogP contribution in [0.5, 0.6) is 5.75 Å². The Morgan fingerprint density at radius 2 is 1.57 bits per heavy atom. The SMILES string of the molecule is COC(=O)CCCCOc1ccc(N=Nc2ccccc2)cc1. The Bertz CT molecular complexity index is 624. The summed E-state index contributed by atoms with van der Waals surface area (Å²) in [6, 6.07) is 17.0. The lowest BCUT2D eigenvalue weighted by Crippen LogP contribution is -2.02. The smallest absolute Gasteiger partial charge is 0.305 e. The molecule has 0 aliphatic carbocycles. The Hall–Kier alpha value is -2.69. The fourth-order valence-corrected chi connectivity index (χ4v) is 1.88. The Labute approximate surface area is 136 Å². The Kier molecular flexibility index (Phi) is 6.78. The first-order chi connectivity index (χ1) is 11.3. The fraction of sp³-hybridized carbons (Fsp3) is 0.278. The molecule has 5 heteroatoms. The molecule has 0 aromatic heterocycles. The molecule has 2 aromatic rings. The van der Waals surface area contributed by atoms with Crippen molar-refractivity contribution in [1.82, 2.24) is 0 Å². The van der Waals surface area contributed by atoms with Gasteiger partial charge in [-0.15, -0.1) is 0 Å². The Morgan fingerprint density at radius 1 is 0.913 bits per heavy atom. The van der Waals surface area contributed by atoms with Crippen molar-refractivity contribution in [2.75, 3.05) is 13.7 Å². The van der Waals surface area contributed by atoms with E-state index < -0.39 is 0 Å². The van der Waals surface area contributed by atoms with Gasteiger partial charge in [-0.05, 0) is 49.2 Å². The second kappa shape index (κ2) is 9.35. The highest BCUT2D eigenvalue weighted by Gasteiger charge is 2.00. The minimum atomic E-state index is -0.182. The lowest BCUT2D eigenvalue weighted by Gasteiger charge is -2.05. The minimum Gasteiger partial charge on any atom is -0.494 e. The van der Waals surface area contributed by atoms with Crippen LogP contribution < -0.4 is 4.74 Å². The molecule has 0 fully saturated rings. The number of ether oxygens (including phenoxy) is 2. The Morgan fingerprint density at radius 3 is 2.22 bits per heavy atom. The number of nitrogens with zero attached hydrogens (tertiary/aromatic N) is 2. The van der Waals surface area contributed by atoms with Crippen LogP contribution in [0.1, 0.15) is 19.3 Å². The molecule has 0 atom stereocenters. The van der Waals surface area contributed by atoms with Gasteiger partial charge in [0.15, 0.2) is 0 Å². The van der Waals surface area contributed by atoms with Crippen LogP contribution in [0.4, 0.5) is 11.4 Å². The van der Waals surface area contributed by atoms with E-state index in [2.05, 4.69) is 15.0 Å². The van der Waals surface area contributed by atoms with Crippen molar-refractivity contribution in [3.63, 3.8) is 0 Å². The number of unbranched alkanes of at least 4 members (excludes halogenated alkanes) is 1. The molecular formula is C18H20N2O3.